The van der Waals surface area contributed by atoms with Gasteiger partial charge in [0.15, 0.2) is 0 Å². The lowest BCUT2D eigenvalue weighted by Crippen LogP contribution is -2.47. The van der Waals surface area contributed by atoms with Gasteiger partial charge in [-0.1, -0.05) is 18.2 Å². The molecule has 0 bridgehead atoms. The molecule has 0 atom stereocenters. The second kappa shape index (κ2) is 9.37. The number of ether oxygens (including phenoxy) is 1. The monoisotopic (exact) mass is 484 g/mol. The third kappa shape index (κ3) is 4.80. The van der Waals surface area contributed by atoms with Crippen molar-refractivity contribution in [2.45, 2.75) is 6.54 Å². The summed E-state index contributed by atoms with van der Waals surface area (Å²) in [5.41, 5.74) is 9.18. The molecule has 0 radical (unpaired) electrons. The first kappa shape index (κ1) is 22.8. The SMILES string of the molecule is CS(=O)(=O)N1CCN(Cc2cccc3c(-c4cnc(N)nc4)nc(N4CCOCC4)nc23)CC1. The number of rotatable bonds is 5. The molecule has 5 rings (SSSR count). The van der Waals surface area contributed by atoms with E-state index in [0.29, 0.717) is 51.9 Å². The fourth-order valence-corrected chi connectivity index (χ4v) is 5.20. The van der Waals surface area contributed by atoms with E-state index in [4.69, 9.17) is 20.4 Å². The second-order valence-corrected chi connectivity index (χ2v) is 10.5. The zero-order chi connectivity index (χ0) is 23.7. The van der Waals surface area contributed by atoms with Crippen molar-refractivity contribution in [1.29, 1.82) is 0 Å². The predicted octanol–water partition coefficient (Wildman–Crippen LogP) is 0.583. The number of anilines is 2. The van der Waals surface area contributed by atoms with Gasteiger partial charge in [0.1, 0.15) is 0 Å². The molecule has 0 spiro atoms. The van der Waals surface area contributed by atoms with E-state index in [9.17, 15) is 8.42 Å². The summed E-state index contributed by atoms with van der Waals surface area (Å²) in [6.07, 6.45) is 4.63. The first-order chi connectivity index (χ1) is 16.4. The molecule has 2 aliphatic heterocycles. The maximum absolute atomic E-state index is 11.9. The third-order valence-electron chi connectivity index (χ3n) is 6.23. The Bertz CT molecular complexity index is 1270. The van der Waals surface area contributed by atoms with Crippen molar-refractivity contribution in [2.24, 2.45) is 0 Å². The molecule has 1 aromatic carbocycles. The zero-order valence-electron chi connectivity index (χ0n) is 19.1. The standard InChI is InChI=1S/C22H28N8O3S/c1-34(31,32)30-7-5-28(6-8-30)15-16-3-2-4-18-19(16)26-22(29-9-11-33-12-10-29)27-20(18)17-13-24-21(23)25-14-17/h2-4,13-14H,5-12,15H2,1H3,(H2,23,24,25). The van der Waals surface area contributed by atoms with Gasteiger partial charge in [0.2, 0.25) is 21.9 Å². The van der Waals surface area contributed by atoms with Crippen LogP contribution in [0.1, 0.15) is 5.56 Å². The number of hydrogen-bond donors (Lipinski definition) is 1. The molecule has 4 heterocycles. The van der Waals surface area contributed by atoms with Crippen molar-refractivity contribution in [3.05, 3.63) is 36.2 Å². The highest BCUT2D eigenvalue weighted by Gasteiger charge is 2.25. The summed E-state index contributed by atoms with van der Waals surface area (Å²) in [5, 5.41) is 0.914. The van der Waals surface area contributed by atoms with Crippen LogP contribution in [0.25, 0.3) is 22.2 Å². The maximum Gasteiger partial charge on any atom is 0.226 e. The van der Waals surface area contributed by atoms with Crippen molar-refractivity contribution in [3.63, 3.8) is 0 Å². The summed E-state index contributed by atoms with van der Waals surface area (Å²) in [7, 11) is -3.16. The lowest BCUT2D eigenvalue weighted by Gasteiger charge is -2.33. The number of nitrogens with zero attached hydrogens (tertiary/aromatic N) is 7. The number of aromatic nitrogens is 4. The Morgan fingerprint density at radius 1 is 1.00 bits per heavy atom. The highest BCUT2D eigenvalue weighted by atomic mass is 32.2. The lowest BCUT2D eigenvalue weighted by atomic mass is 10.0. The van der Waals surface area contributed by atoms with Crippen molar-refractivity contribution in [1.82, 2.24) is 29.1 Å². The number of benzene rings is 1. The Labute approximate surface area is 198 Å². The third-order valence-corrected chi connectivity index (χ3v) is 7.53. The van der Waals surface area contributed by atoms with Crippen molar-refractivity contribution in [2.75, 3.05) is 69.4 Å². The minimum atomic E-state index is -3.16. The van der Waals surface area contributed by atoms with Gasteiger partial charge in [-0.05, 0) is 5.56 Å². The smallest absolute Gasteiger partial charge is 0.226 e. The zero-order valence-corrected chi connectivity index (χ0v) is 19.9. The number of sulfonamides is 1. The molecule has 0 unspecified atom stereocenters. The molecule has 2 aliphatic rings. The summed E-state index contributed by atoms with van der Waals surface area (Å²) in [4.78, 5) is 22.6. The lowest BCUT2D eigenvalue weighted by molar-refractivity contribution is 0.122. The number of hydrogen-bond acceptors (Lipinski definition) is 10. The van der Waals surface area contributed by atoms with Crippen LogP contribution in [0.4, 0.5) is 11.9 Å². The fourth-order valence-electron chi connectivity index (χ4n) is 4.37. The van der Waals surface area contributed by atoms with E-state index in [1.807, 2.05) is 12.1 Å². The highest BCUT2D eigenvalue weighted by Crippen LogP contribution is 2.30. The molecule has 2 fully saturated rings. The molecule has 2 N–H and O–H groups in total. The minimum Gasteiger partial charge on any atom is -0.378 e. The minimum absolute atomic E-state index is 0.212. The maximum atomic E-state index is 11.9. The molecule has 12 heteroatoms. The molecule has 3 aromatic rings. The van der Waals surface area contributed by atoms with Gasteiger partial charge in [-0.3, -0.25) is 4.90 Å². The van der Waals surface area contributed by atoms with Crippen molar-refractivity contribution in [3.8, 4) is 11.3 Å². The van der Waals surface area contributed by atoms with Gasteiger partial charge in [0.25, 0.3) is 0 Å². The van der Waals surface area contributed by atoms with Gasteiger partial charge >= 0.3 is 0 Å². The molecular weight excluding hydrogens is 456 g/mol. The molecular formula is C22H28N8O3S. The van der Waals surface area contributed by atoms with Crippen LogP contribution in [-0.4, -0.2) is 96.3 Å². The molecule has 0 saturated carbocycles. The van der Waals surface area contributed by atoms with Crippen LogP contribution in [0.2, 0.25) is 0 Å². The van der Waals surface area contributed by atoms with E-state index in [1.54, 1.807) is 12.4 Å². The predicted molar refractivity (Wildman–Crippen MR) is 130 cm³/mol. The summed E-state index contributed by atoms with van der Waals surface area (Å²) >= 11 is 0. The summed E-state index contributed by atoms with van der Waals surface area (Å²) in [6, 6.07) is 6.09. The normalized spacial score (nSPS) is 18.4. The topological polar surface area (TPSA) is 131 Å². The fraction of sp³-hybridized carbons (Fsp3) is 0.455. The number of piperazine rings is 1. The number of nitrogens with two attached hydrogens (primary N) is 1. The van der Waals surface area contributed by atoms with Crippen molar-refractivity contribution >= 4 is 32.8 Å². The van der Waals surface area contributed by atoms with Crippen LogP contribution in [-0.2, 0) is 21.3 Å². The Kier molecular flexibility index (Phi) is 6.30. The second-order valence-electron chi connectivity index (χ2n) is 8.55. The molecule has 11 nitrogen and oxygen atoms in total. The van der Waals surface area contributed by atoms with Gasteiger partial charge in [-0.2, -0.15) is 4.31 Å². The molecule has 180 valence electrons. The average Bonchev–Trinajstić information content (AvgIpc) is 2.84. The molecule has 34 heavy (non-hydrogen) atoms. The van der Waals surface area contributed by atoms with Crippen LogP contribution in [0.5, 0.6) is 0 Å². The van der Waals surface area contributed by atoms with E-state index in [1.165, 1.54) is 10.6 Å². The number of morpholine rings is 1. The molecule has 0 aliphatic carbocycles. The van der Waals surface area contributed by atoms with Gasteiger partial charge < -0.3 is 15.4 Å². The first-order valence-corrected chi connectivity index (χ1v) is 13.1. The van der Waals surface area contributed by atoms with Crippen LogP contribution >= 0.6 is 0 Å². The van der Waals surface area contributed by atoms with E-state index in [2.05, 4.69) is 25.8 Å². The Morgan fingerprint density at radius 2 is 1.71 bits per heavy atom. The van der Waals surface area contributed by atoms with E-state index in [0.717, 1.165) is 40.8 Å². The summed E-state index contributed by atoms with van der Waals surface area (Å²) in [5.74, 6) is 0.862. The largest absolute Gasteiger partial charge is 0.378 e. The van der Waals surface area contributed by atoms with Crippen LogP contribution in [0.3, 0.4) is 0 Å². The quantitative estimate of drug-likeness (QED) is 0.549. The Hall–Kier alpha value is -2.93. The highest BCUT2D eigenvalue weighted by molar-refractivity contribution is 7.88. The van der Waals surface area contributed by atoms with E-state index >= 15 is 0 Å². The summed E-state index contributed by atoms with van der Waals surface area (Å²) in [6.45, 7) is 5.70. The van der Waals surface area contributed by atoms with Crippen LogP contribution < -0.4 is 10.6 Å². The molecule has 2 aromatic heterocycles. The average molecular weight is 485 g/mol. The van der Waals surface area contributed by atoms with Gasteiger partial charge in [-0.25, -0.2) is 28.4 Å². The summed E-state index contributed by atoms with van der Waals surface area (Å²) < 4.78 is 30.8. The number of para-hydroxylation sites is 1. The molecule has 2 saturated heterocycles. The first-order valence-electron chi connectivity index (χ1n) is 11.3. The van der Waals surface area contributed by atoms with Crippen LogP contribution in [0.15, 0.2) is 30.6 Å². The Balaban J connectivity index is 1.52. The van der Waals surface area contributed by atoms with E-state index < -0.39 is 10.0 Å². The Morgan fingerprint density at radius 3 is 2.38 bits per heavy atom. The number of fused-ring (bicyclic) bond motifs is 1. The van der Waals surface area contributed by atoms with Gasteiger partial charge in [0, 0.05) is 69.2 Å². The van der Waals surface area contributed by atoms with Crippen molar-refractivity contribution < 1.29 is 13.2 Å². The van der Waals surface area contributed by atoms with Crippen LogP contribution in [0, 0.1) is 0 Å². The molecule has 0 amide bonds. The van der Waals surface area contributed by atoms with Gasteiger partial charge in [-0.15, -0.1) is 0 Å². The number of nitrogen functional groups attached to an aromatic ring is 1. The van der Waals surface area contributed by atoms with Gasteiger partial charge in [0.05, 0.1) is 30.7 Å². The van der Waals surface area contributed by atoms with E-state index in [-0.39, 0.29) is 5.95 Å².